The molecule has 0 amide bonds. The van der Waals surface area contributed by atoms with Crippen LogP contribution < -0.4 is 5.26 Å². The Labute approximate surface area is 78.4 Å². The van der Waals surface area contributed by atoms with Crippen LogP contribution in [0.2, 0.25) is 0 Å². The summed E-state index contributed by atoms with van der Waals surface area (Å²) in [5, 5.41) is 9.78. The average molecular weight is 184 g/mol. The first-order valence-electron chi connectivity index (χ1n) is 4.61. The Bertz CT molecular complexity index is 230. The second-order valence-corrected chi connectivity index (χ2v) is 4.42. The van der Waals surface area contributed by atoms with Crippen LogP contribution in [0.25, 0.3) is 0 Å². The van der Waals surface area contributed by atoms with Crippen LogP contribution in [0, 0.1) is 17.3 Å². The van der Waals surface area contributed by atoms with E-state index in [1.807, 2.05) is 0 Å². The second kappa shape index (κ2) is 3.48. The summed E-state index contributed by atoms with van der Waals surface area (Å²) in [7, 11) is 0. The van der Waals surface area contributed by atoms with E-state index in [0.29, 0.717) is 12.3 Å². The van der Waals surface area contributed by atoms with E-state index in [2.05, 4.69) is 18.4 Å². The van der Waals surface area contributed by atoms with E-state index in [0.717, 1.165) is 6.42 Å². The van der Waals surface area contributed by atoms with Crippen LogP contribution in [0.15, 0.2) is 0 Å². The van der Waals surface area contributed by atoms with E-state index in [4.69, 9.17) is 0 Å². The molecular formula is C10H16O3. The van der Waals surface area contributed by atoms with Crippen molar-refractivity contribution in [1.29, 1.82) is 0 Å². The molecule has 0 aliphatic heterocycles. The summed E-state index contributed by atoms with van der Waals surface area (Å²) >= 11 is 0. The molecule has 1 aliphatic rings. The third-order valence-corrected chi connectivity index (χ3v) is 3.41. The molecule has 0 aromatic rings. The van der Waals surface area contributed by atoms with Gasteiger partial charge >= 0.3 is 6.29 Å². The molecule has 0 N–H and O–H groups in total. The van der Waals surface area contributed by atoms with Gasteiger partial charge in [0.1, 0.15) is 5.78 Å². The molecule has 3 nitrogen and oxygen atoms in total. The van der Waals surface area contributed by atoms with E-state index < -0.39 is 0 Å². The van der Waals surface area contributed by atoms with Gasteiger partial charge in [0.05, 0.1) is 6.42 Å². The van der Waals surface area contributed by atoms with Crippen molar-refractivity contribution in [3.63, 3.8) is 0 Å². The minimum atomic E-state index is 0.0286. The summed E-state index contributed by atoms with van der Waals surface area (Å²) in [4.78, 5) is 11.2. The van der Waals surface area contributed by atoms with E-state index >= 15 is 0 Å². The summed E-state index contributed by atoms with van der Waals surface area (Å²) in [5.41, 5.74) is 0.0286. The molecule has 1 saturated carbocycles. The van der Waals surface area contributed by atoms with E-state index in [-0.39, 0.29) is 17.1 Å². The van der Waals surface area contributed by atoms with E-state index in [9.17, 15) is 10.1 Å². The monoisotopic (exact) mass is 184 g/mol. The van der Waals surface area contributed by atoms with Crippen molar-refractivity contribution in [2.75, 3.05) is 0 Å². The lowest BCUT2D eigenvalue weighted by molar-refractivity contribution is -1.04. The second-order valence-electron chi connectivity index (χ2n) is 4.42. The van der Waals surface area contributed by atoms with Crippen LogP contribution in [-0.2, 0) is 9.37 Å². The molecule has 1 aliphatic carbocycles. The number of rotatable bonds is 3. The van der Waals surface area contributed by atoms with Crippen molar-refractivity contribution < 1.29 is 14.6 Å². The van der Waals surface area contributed by atoms with Gasteiger partial charge in [-0.05, 0) is 24.7 Å². The van der Waals surface area contributed by atoms with Crippen molar-refractivity contribution >= 4 is 12.1 Å². The first-order valence-corrected chi connectivity index (χ1v) is 4.61. The molecule has 74 valence electrons. The van der Waals surface area contributed by atoms with Gasteiger partial charge < -0.3 is 5.26 Å². The predicted octanol–water partition coefficient (Wildman–Crippen LogP) is 0.638. The van der Waals surface area contributed by atoms with E-state index in [1.165, 1.54) is 6.29 Å². The van der Waals surface area contributed by atoms with Gasteiger partial charge in [0.15, 0.2) is 0 Å². The van der Waals surface area contributed by atoms with Gasteiger partial charge in [-0.25, -0.2) is 0 Å². The maximum Gasteiger partial charge on any atom is 0.318 e. The molecule has 0 spiro atoms. The molecule has 0 heterocycles. The molecule has 0 saturated heterocycles. The minimum absolute atomic E-state index is 0.0286. The standard InChI is InChI=1S/C10H16O3/c1-7(11)9-6-8(4-5-13-12)10(9,2)3/h5,8-9H,4,6H2,1-3H3. The van der Waals surface area contributed by atoms with Crippen molar-refractivity contribution in [3.05, 3.63) is 0 Å². The number of ketones is 1. The van der Waals surface area contributed by atoms with Crippen LogP contribution >= 0.6 is 0 Å². The zero-order valence-corrected chi connectivity index (χ0v) is 8.37. The third-order valence-electron chi connectivity index (χ3n) is 3.41. The lowest BCUT2D eigenvalue weighted by atomic mass is 9.53. The summed E-state index contributed by atoms with van der Waals surface area (Å²) in [6, 6.07) is 0. The Kier molecular flexibility index (Phi) is 2.74. The molecule has 2 atom stereocenters. The van der Waals surface area contributed by atoms with Crippen molar-refractivity contribution in [1.82, 2.24) is 0 Å². The normalized spacial score (nSPS) is 31.6. The topological polar surface area (TPSA) is 51.4 Å². The van der Waals surface area contributed by atoms with Crippen LogP contribution in [0.5, 0.6) is 0 Å². The molecule has 1 fully saturated rings. The molecular weight excluding hydrogens is 168 g/mol. The molecule has 3 heteroatoms. The smallest absolute Gasteiger partial charge is 0.318 e. The fourth-order valence-electron chi connectivity index (χ4n) is 2.26. The van der Waals surface area contributed by atoms with Gasteiger partial charge in [-0.2, -0.15) is 4.58 Å². The number of Topliss-reactive ketones (excluding diaryl/α,β-unsaturated/α-hetero) is 1. The lowest BCUT2D eigenvalue weighted by Gasteiger charge is -2.50. The van der Waals surface area contributed by atoms with Gasteiger partial charge in [0, 0.05) is 5.92 Å². The van der Waals surface area contributed by atoms with Gasteiger partial charge in [-0.3, -0.25) is 4.79 Å². The Morgan fingerprint density at radius 2 is 2.31 bits per heavy atom. The fourth-order valence-corrected chi connectivity index (χ4v) is 2.26. The highest BCUT2D eigenvalue weighted by Gasteiger charge is 2.50. The van der Waals surface area contributed by atoms with Gasteiger partial charge in [-0.1, -0.05) is 13.8 Å². The average Bonchev–Trinajstić information content (AvgIpc) is 2.02. The zero-order valence-electron chi connectivity index (χ0n) is 8.37. The third kappa shape index (κ3) is 1.74. The molecule has 0 radical (unpaired) electrons. The highest BCUT2D eigenvalue weighted by molar-refractivity contribution is 5.80. The van der Waals surface area contributed by atoms with Crippen LogP contribution in [0.1, 0.15) is 33.6 Å². The fraction of sp³-hybridized carbons (Fsp3) is 0.800. The summed E-state index contributed by atoms with van der Waals surface area (Å²) < 4.78 is 3.68. The van der Waals surface area contributed by atoms with Crippen LogP contribution in [0.4, 0.5) is 0 Å². The first-order chi connectivity index (χ1) is 6.00. The molecule has 2 unspecified atom stereocenters. The summed E-state index contributed by atoms with van der Waals surface area (Å²) in [6.07, 6.45) is 2.82. The minimum Gasteiger partial charge on any atom is -0.463 e. The lowest BCUT2D eigenvalue weighted by Crippen LogP contribution is -2.48. The van der Waals surface area contributed by atoms with E-state index in [1.54, 1.807) is 6.92 Å². The summed E-state index contributed by atoms with van der Waals surface area (Å²) in [6.45, 7) is 5.79. The number of carbonyl (C=O) groups is 1. The highest BCUT2D eigenvalue weighted by atomic mass is 17.1. The maximum absolute atomic E-state index is 11.2. The number of hydrogen-bond acceptors (Lipinski definition) is 2. The van der Waals surface area contributed by atoms with Crippen LogP contribution in [-0.4, -0.2) is 12.1 Å². The summed E-state index contributed by atoms with van der Waals surface area (Å²) in [5.74, 6) is 0.831. The Hall–Kier alpha value is -0.860. The van der Waals surface area contributed by atoms with Gasteiger partial charge in [0.2, 0.25) is 0 Å². The van der Waals surface area contributed by atoms with Crippen molar-refractivity contribution in [2.45, 2.75) is 33.6 Å². The maximum atomic E-state index is 11.2. The zero-order chi connectivity index (χ0) is 10.1. The molecule has 0 aromatic carbocycles. The quantitative estimate of drug-likeness (QED) is 0.280. The molecule has 0 aromatic heterocycles. The molecule has 0 bridgehead atoms. The molecule has 13 heavy (non-hydrogen) atoms. The van der Waals surface area contributed by atoms with Gasteiger partial charge in [0.25, 0.3) is 0 Å². The van der Waals surface area contributed by atoms with Crippen molar-refractivity contribution in [2.24, 2.45) is 17.3 Å². The highest BCUT2D eigenvalue weighted by Crippen LogP contribution is 2.52. The SMILES string of the molecule is CC(=O)C1CC(CC=[O+][O-])C1(C)C. The predicted molar refractivity (Wildman–Crippen MR) is 46.7 cm³/mol. The largest absolute Gasteiger partial charge is 0.463 e. The molecule has 1 rings (SSSR count). The van der Waals surface area contributed by atoms with Crippen LogP contribution in [0.3, 0.4) is 0 Å². The number of hydrogen-bond donors (Lipinski definition) is 0. The first kappa shape index (κ1) is 10.2. The number of aldehydes is 1. The van der Waals surface area contributed by atoms with Gasteiger partial charge in [-0.15, -0.1) is 0 Å². The van der Waals surface area contributed by atoms with Crippen molar-refractivity contribution in [3.8, 4) is 0 Å². The Morgan fingerprint density at radius 1 is 1.69 bits per heavy atom. The Balaban J connectivity index is 2.53. The Morgan fingerprint density at radius 3 is 2.69 bits per heavy atom. The number of carbonyl (C=O) groups excluding carboxylic acids is 2.